The van der Waals surface area contributed by atoms with Crippen molar-refractivity contribution in [1.29, 1.82) is 0 Å². The number of aryl methyl sites for hydroxylation is 1. The lowest BCUT2D eigenvalue weighted by molar-refractivity contribution is 0.191. The zero-order chi connectivity index (χ0) is 27.1. The van der Waals surface area contributed by atoms with Crippen LogP contribution < -0.4 is 0 Å². The van der Waals surface area contributed by atoms with Gasteiger partial charge in [0.25, 0.3) is 0 Å². The molecule has 1 aromatic carbocycles. The van der Waals surface area contributed by atoms with Crippen LogP contribution >= 0.6 is 21.2 Å². The zero-order valence-corrected chi connectivity index (χ0v) is 25.5. The predicted molar refractivity (Wildman–Crippen MR) is 169 cm³/mol. The second-order valence-electron chi connectivity index (χ2n) is 11.8. The Kier molecular flexibility index (Phi) is 11.4. The third-order valence-electron chi connectivity index (χ3n) is 9.46. The van der Waals surface area contributed by atoms with Crippen molar-refractivity contribution in [3.63, 3.8) is 0 Å². The van der Waals surface area contributed by atoms with Crippen molar-refractivity contribution in [3.8, 4) is 0 Å². The maximum atomic E-state index is 10.1. The molecule has 5 unspecified atom stereocenters. The molecule has 3 heteroatoms. The van der Waals surface area contributed by atoms with Crippen LogP contribution in [0.1, 0.15) is 83.1 Å². The van der Waals surface area contributed by atoms with Gasteiger partial charge < -0.3 is 5.11 Å². The van der Waals surface area contributed by atoms with Crippen molar-refractivity contribution in [2.24, 2.45) is 17.8 Å². The van der Waals surface area contributed by atoms with E-state index in [4.69, 9.17) is 12.6 Å². The quantitative estimate of drug-likeness (QED) is 0.217. The fourth-order valence-corrected chi connectivity index (χ4v) is 9.12. The van der Waals surface area contributed by atoms with Crippen LogP contribution in [0.4, 0.5) is 0 Å². The molecule has 0 aromatic heterocycles. The molecule has 0 radical (unpaired) electrons. The first-order chi connectivity index (χ1) is 17.8. The number of aliphatic hydroxyl groups excluding tert-OH is 1. The van der Waals surface area contributed by atoms with Crippen molar-refractivity contribution in [1.82, 2.24) is 0 Å². The number of fused-ring (bicyclic) bond motifs is 1. The second kappa shape index (κ2) is 13.8. The van der Waals surface area contributed by atoms with Gasteiger partial charge in [0.05, 0.1) is 6.10 Å². The summed E-state index contributed by atoms with van der Waals surface area (Å²) in [5.41, 5.74) is 5.16. The average molecular weight is 539 g/mol. The maximum absolute atomic E-state index is 10.1. The largest absolute Gasteiger partial charge is 0.388 e. The van der Waals surface area contributed by atoms with Gasteiger partial charge in [-0.1, -0.05) is 67.1 Å². The molecule has 0 heterocycles. The van der Waals surface area contributed by atoms with Gasteiger partial charge in [-0.25, -0.2) is 0 Å². The van der Waals surface area contributed by atoms with E-state index < -0.39 is 0 Å². The molecule has 1 nitrogen and oxygen atoms in total. The molecule has 0 bridgehead atoms. The fourth-order valence-electron chi connectivity index (χ4n) is 7.13. The first-order valence-corrected chi connectivity index (χ1v) is 16.4. The predicted octanol–water partition coefficient (Wildman–Crippen LogP) is 9.48. The van der Waals surface area contributed by atoms with Gasteiger partial charge in [0.1, 0.15) is 0 Å². The van der Waals surface area contributed by atoms with E-state index >= 15 is 0 Å². The van der Waals surface area contributed by atoms with Crippen molar-refractivity contribution in [2.45, 2.75) is 100 Å². The molecule has 0 aliphatic heterocycles. The van der Waals surface area contributed by atoms with Crippen LogP contribution in [0.2, 0.25) is 0 Å². The summed E-state index contributed by atoms with van der Waals surface area (Å²) < 4.78 is 0.206. The van der Waals surface area contributed by atoms with Gasteiger partial charge in [-0.05, 0) is 118 Å². The van der Waals surface area contributed by atoms with Crippen LogP contribution in [0, 0.1) is 24.7 Å². The number of thiol groups is 1. The molecule has 0 spiro atoms. The SMILES string of the molecule is C=C.C=C1/C(=C\C=C2/CCCC3(S)C2CCC3[C@H](C)CC2(PC)CC2)CCCC1O.Cc1ccccc1. The first-order valence-electron chi connectivity index (χ1n) is 14.5. The Morgan fingerprint density at radius 2 is 1.76 bits per heavy atom. The molecule has 4 aliphatic rings. The topological polar surface area (TPSA) is 20.2 Å². The molecule has 204 valence electrons. The van der Waals surface area contributed by atoms with E-state index in [9.17, 15) is 5.11 Å². The third-order valence-corrected chi connectivity index (χ3v) is 12.1. The zero-order valence-electron chi connectivity index (χ0n) is 23.6. The Morgan fingerprint density at radius 1 is 1.05 bits per heavy atom. The molecular formula is C34H51OPS. The van der Waals surface area contributed by atoms with Crippen LogP contribution in [0.5, 0.6) is 0 Å². The minimum Gasteiger partial charge on any atom is -0.388 e. The lowest BCUT2D eigenvalue weighted by Gasteiger charge is -2.44. The van der Waals surface area contributed by atoms with Gasteiger partial charge in [0.15, 0.2) is 0 Å². The number of hydrogen-bond acceptors (Lipinski definition) is 2. The van der Waals surface area contributed by atoms with Gasteiger partial charge in [0, 0.05) is 4.75 Å². The molecule has 4 saturated carbocycles. The Bertz CT molecular complexity index is 946. The molecule has 4 fully saturated rings. The van der Waals surface area contributed by atoms with Crippen LogP contribution in [-0.2, 0) is 0 Å². The van der Waals surface area contributed by atoms with E-state index in [-0.39, 0.29) is 10.9 Å². The Balaban J connectivity index is 0.000000361. The minimum absolute atomic E-state index is 0.206. The van der Waals surface area contributed by atoms with Gasteiger partial charge in [0.2, 0.25) is 0 Å². The number of allylic oxidation sites excluding steroid dienone is 3. The molecular weight excluding hydrogens is 487 g/mol. The van der Waals surface area contributed by atoms with E-state index in [1.54, 1.807) is 5.57 Å². The summed E-state index contributed by atoms with van der Waals surface area (Å²) in [6, 6.07) is 10.3. The monoisotopic (exact) mass is 538 g/mol. The summed E-state index contributed by atoms with van der Waals surface area (Å²) in [7, 11) is 1.11. The number of benzene rings is 1. The third kappa shape index (κ3) is 7.52. The summed E-state index contributed by atoms with van der Waals surface area (Å²) in [6.07, 6.45) is 18.2. The smallest absolute Gasteiger partial charge is 0.0787 e. The van der Waals surface area contributed by atoms with Gasteiger partial charge >= 0.3 is 0 Å². The highest BCUT2D eigenvalue weighted by Gasteiger charge is 2.53. The molecule has 1 N–H and O–H groups in total. The molecule has 37 heavy (non-hydrogen) atoms. The average Bonchev–Trinajstić information content (AvgIpc) is 3.58. The van der Waals surface area contributed by atoms with Crippen molar-refractivity contribution in [3.05, 3.63) is 84.5 Å². The van der Waals surface area contributed by atoms with Crippen LogP contribution in [0.3, 0.4) is 0 Å². The number of hydrogen-bond donors (Lipinski definition) is 2. The van der Waals surface area contributed by atoms with Gasteiger partial charge in [-0.15, -0.1) is 21.7 Å². The first kappa shape index (κ1) is 30.5. The molecule has 6 atom stereocenters. The molecule has 0 saturated heterocycles. The van der Waals surface area contributed by atoms with Gasteiger partial charge in [-0.3, -0.25) is 0 Å². The molecule has 4 aliphatic carbocycles. The molecule has 0 amide bonds. The second-order valence-corrected chi connectivity index (χ2v) is 14.2. The normalized spacial score (nSPS) is 33.3. The summed E-state index contributed by atoms with van der Waals surface area (Å²) in [5, 5.41) is 10.8. The fraction of sp³-hybridized carbons (Fsp3) is 0.588. The van der Waals surface area contributed by atoms with E-state index in [0.717, 1.165) is 45.3 Å². The Hall–Kier alpha value is -1.08. The lowest BCUT2D eigenvalue weighted by atomic mass is 9.70. The minimum atomic E-state index is -0.334. The Morgan fingerprint density at radius 3 is 2.35 bits per heavy atom. The standard InChI is InChI=1S/C25H39OPS.C7H8.C2H4/c1-17(16-24(27-3)14-15-24)21-11-12-22-20(7-5-13-25(21,22)28)10-9-19-6-4-8-23(26)18(19)2;1-7-5-3-2-4-6-7;1-2/h9-10,17,21-23,26-28H,2,4-8,11-16H2,1,3H3;2-6H,1H3;1-2H2/b19-9-,20-10+;;/t17-,21?,22?,23?,25?;;/m1../s1. The molecule has 1 aromatic rings. The van der Waals surface area contributed by atoms with Crippen LogP contribution in [-0.4, -0.2) is 27.8 Å². The summed E-state index contributed by atoms with van der Waals surface area (Å²) in [5.74, 6) is 2.23. The van der Waals surface area contributed by atoms with Gasteiger partial charge in [-0.2, -0.15) is 12.6 Å². The maximum Gasteiger partial charge on any atom is 0.0787 e. The van der Waals surface area contributed by atoms with E-state index in [1.165, 1.54) is 62.5 Å². The highest BCUT2D eigenvalue weighted by Crippen LogP contribution is 2.61. The van der Waals surface area contributed by atoms with Crippen molar-refractivity contribution in [2.75, 3.05) is 6.66 Å². The van der Waals surface area contributed by atoms with Crippen LogP contribution in [0.15, 0.2) is 78.9 Å². The van der Waals surface area contributed by atoms with Crippen molar-refractivity contribution >= 4 is 21.2 Å². The highest BCUT2D eigenvalue weighted by molar-refractivity contribution is 7.81. The highest BCUT2D eigenvalue weighted by atomic mass is 32.1. The van der Waals surface area contributed by atoms with Crippen molar-refractivity contribution < 1.29 is 5.11 Å². The van der Waals surface area contributed by atoms with E-state index in [2.05, 4.69) is 64.5 Å². The summed E-state index contributed by atoms with van der Waals surface area (Å²) >= 11 is 5.44. The summed E-state index contributed by atoms with van der Waals surface area (Å²) in [4.78, 5) is 0. The number of rotatable bonds is 5. The van der Waals surface area contributed by atoms with Crippen LogP contribution in [0.25, 0.3) is 0 Å². The molecule has 5 rings (SSSR count). The number of aliphatic hydroxyl groups is 1. The van der Waals surface area contributed by atoms with E-state index in [0.29, 0.717) is 11.1 Å². The Labute approximate surface area is 235 Å². The summed E-state index contributed by atoms with van der Waals surface area (Å²) in [6.45, 7) is 17.2. The van der Waals surface area contributed by atoms with E-state index in [1.807, 2.05) is 18.2 Å². The lowest BCUT2D eigenvalue weighted by Crippen LogP contribution is -2.40.